The van der Waals surface area contributed by atoms with Gasteiger partial charge < -0.3 is 10.2 Å². The molecule has 1 aromatic carbocycles. The SMILES string of the molecule is CCCNC(=O)[C@@H](C1CCCC1)N1CCN(C(=O)c2ccc(C(F)(F)F)cc2)CC1. The molecule has 2 fully saturated rings. The van der Waals surface area contributed by atoms with Crippen LogP contribution >= 0.6 is 0 Å². The Morgan fingerprint density at radius 1 is 1.07 bits per heavy atom. The molecule has 1 aliphatic carbocycles. The fourth-order valence-corrected chi connectivity index (χ4v) is 4.49. The summed E-state index contributed by atoms with van der Waals surface area (Å²) in [6.45, 7) is 4.79. The molecular formula is C22H30F3N3O2. The summed E-state index contributed by atoms with van der Waals surface area (Å²) < 4.78 is 38.2. The first-order chi connectivity index (χ1) is 14.3. The second kappa shape index (κ2) is 9.81. The van der Waals surface area contributed by atoms with Crippen molar-refractivity contribution in [1.82, 2.24) is 15.1 Å². The van der Waals surface area contributed by atoms with Gasteiger partial charge in [0.25, 0.3) is 5.91 Å². The van der Waals surface area contributed by atoms with Gasteiger partial charge in [0.1, 0.15) is 0 Å². The highest BCUT2D eigenvalue weighted by atomic mass is 19.4. The van der Waals surface area contributed by atoms with Crippen molar-refractivity contribution in [3.63, 3.8) is 0 Å². The highest BCUT2D eigenvalue weighted by Gasteiger charge is 2.37. The topological polar surface area (TPSA) is 52.7 Å². The molecule has 0 unspecified atom stereocenters. The van der Waals surface area contributed by atoms with Crippen molar-refractivity contribution < 1.29 is 22.8 Å². The summed E-state index contributed by atoms with van der Waals surface area (Å²) >= 11 is 0. The van der Waals surface area contributed by atoms with E-state index in [1.165, 1.54) is 12.1 Å². The van der Waals surface area contributed by atoms with Gasteiger partial charge in [0.05, 0.1) is 11.6 Å². The van der Waals surface area contributed by atoms with Crippen LogP contribution in [0.5, 0.6) is 0 Å². The van der Waals surface area contributed by atoms with Crippen molar-refractivity contribution in [1.29, 1.82) is 0 Å². The Morgan fingerprint density at radius 3 is 2.20 bits per heavy atom. The van der Waals surface area contributed by atoms with E-state index in [9.17, 15) is 22.8 Å². The lowest BCUT2D eigenvalue weighted by molar-refractivity contribution is -0.137. The zero-order valence-corrected chi connectivity index (χ0v) is 17.4. The maximum atomic E-state index is 12.8. The summed E-state index contributed by atoms with van der Waals surface area (Å²) in [4.78, 5) is 29.4. The predicted octanol–water partition coefficient (Wildman–Crippen LogP) is 3.55. The third-order valence-electron chi connectivity index (χ3n) is 6.12. The number of hydrogen-bond acceptors (Lipinski definition) is 3. The van der Waals surface area contributed by atoms with Crippen LogP contribution in [0.4, 0.5) is 13.2 Å². The van der Waals surface area contributed by atoms with Gasteiger partial charge in [0, 0.05) is 38.3 Å². The first-order valence-electron chi connectivity index (χ1n) is 10.8. The highest BCUT2D eigenvalue weighted by Crippen LogP contribution is 2.32. The first kappa shape index (κ1) is 22.6. The molecule has 30 heavy (non-hydrogen) atoms. The molecule has 1 saturated heterocycles. The van der Waals surface area contributed by atoms with Crippen LogP contribution in [-0.2, 0) is 11.0 Å². The van der Waals surface area contributed by atoms with Gasteiger partial charge in [-0.2, -0.15) is 13.2 Å². The standard InChI is InChI=1S/C22H30F3N3O2/c1-2-11-26-20(29)19(16-5-3-4-6-16)27-12-14-28(15-13-27)21(30)17-7-9-18(10-8-17)22(23,24)25/h7-10,16,19H,2-6,11-15H2,1H3,(H,26,29)/t19-/m1/s1. The minimum Gasteiger partial charge on any atom is -0.355 e. The Morgan fingerprint density at radius 2 is 1.67 bits per heavy atom. The first-order valence-corrected chi connectivity index (χ1v) is 10.8. The summed E-state index contributed by atoms with van der Waals surface area (Å²) in [7, 11) is 0. The van der Waals surface area contributed by atoms with Crippen molar-refractivity contribution in [2.24, 2.45) is 5.92 Å². The van der Waals surface area contributed by atoms with E-state index in [1.807, 2.05) is 6.92 Å². The largest absolute Gasteiger partial charge is 0.416 e. The lowest BCUT2D eigenvalue weighted by atomic mass is 9.95. The van der Waals surface area contributed by atoms with Crippen molar-refractivity contribution >= 4 is 11.8 Å². The molecule has 0 bridgehead atoms. The van der Waals surface area contributed by atoms with Crippen molar-refractivity contribution in [2.45, 2.75) is 51.2 Å². The third kappa shape index (κ3) is 5.33. The average Bonchev–Trinajstić information content (AvgIpc) is 3.26. The lowest BCUT2D eigenvalue weighted by Gasteiger charge is -2.40. The number of nitrogens with one attached hydrogen (secondary N) is 1. The molecule has 1 aliphatic heterocycles. The molecule has 8 heteroatoms. The van der Waals surface area contributed by atoms with Crippen LogP contribution in [0, 0.1) is 5.92 Å². The van der Waals surface area contributed by atoms with Crippen molar-refractivity contribution in [3.05, 3.63) is 35.4 Å². The molecule has 166 valence electrons. The zero-order valence-electron chi connectivity index (χ0n) is 17.4. The van der Waals surface area contributed by atoms with E-state index < -0.39 is 11.7 Å². The number of rotatable bonds is 6. The molecule has 1 heterocycles. The second-order valence-electron chi connectivity index (χ2n) is 8.18. The number of carbonyl (C=O) groups excluding carboxylic acids is 2. The lowest BCUT2D eigenvalue weighted by Crippen LogP contribution is -2.58. The second-order valence-corrected chi connectivity index (χ2v) is 8.18. The van der Waals surface area contributed by atoms with Crippen molar-refractivity contribution in [2.75, 3.05) is 32.7 Å². The number of hydrogen-bond donors (Lipinski definition) is 1. The molecule has 5 nitrogen and oxygen atoms in total. The van der Waals surface area contributed by atoms with Gasteiger partial charge in [0.2, 0.25) is 5.91 Å². The van der Waals surface area contributed by atoms with E-state index in [-0.39, 0.29) is 23.4 Å². The Bertz CT molecular complexity index is 722. The summed E-state index contributed by atoms with van der Waals surface area (Å²) in [5.41, 5.74) is -0.508. The molecule has 0 aromatic heterocycles. The summed E-state index contributed by atoms with van der Waals surface area (Å²) in [5.74, 6) is 0.154. The molecule has 1 saturated carbocycles. The minimum absolute atomic E-state index is 0.0752. The van der Waals surface area contributed by atoms with Crippen LogP contribution in [0.25, 0.3) is 0 Å². The number of nitrogens with zero attached hydrogens (tertiary/aromatic N) is 2. The van der Waals surface area contributed by atoms with Gasteiger partial charge in [-0.3, -0.25) is 14.5 Å². The van der Waals surface area contributed by atoms with Crippen LogP contribution in [0.3, 0.4) is 0 Å². The molecular weight excluding hydrogens is 395 g/mol. The van der Waals surface area contributed by atoms with Gasteiger partial charge in [-0.15, -0.1) is 0 Å². The van der Waals surface area contributed by atoms with Gasteiger partial charge in [-0.05, 0) is 49.4 Å². The van der Waals surface area contributed by atoms with Crippen LogP contribution in [0.15, 0.2) is 24.3 Å². The van der Waals surface area contributed by atoms with Crippen molar-refractivity contribution in [3.8, 4) is 0 Å². The van der Waals surface area contributed by atoms with E-state index >= 15 is 0 Å². The molecule has 3 rings (SSSR count). The number of amides is 2. The minimum atomic E-state index is -4.42. The fraction of sp³-hybridized carbons (Fsp3) is 0.636. The van der Waals surface area contributed by atoms with Gasteiger partial charge >= 0.3 is 6.18 Å². The number of benzene rings is 1. The quantitative estimate of drug-likeness (QED) is 0.759. The molecule has 1 atom stereocenters. The molecule has 1 aromatic rings. The Balaban J connectivity index is 1.61. The predicted molar refractivity (Wildman–Crippen MR) is 108 cm³/mol. The van der Waals surface area contributed by atoms with E-state index in [4.69, 9.17) is 0 Å². The van der Waals surface area contributed by atoms with E-state index in [1.54, 1.807) is 4.90 Å². The summed E-state index contributed by atoms with van der Waals surface area (Å²) in [6, 6.07) is 4.19. The average molecular weight is 425 g/mol. The molecule has 0 radical (unpaired) electrons. The Kier molecular flexibility index (Phi) is 7.39. The smallest absolute Gasteiger partial charge is 0.355 e. The number of carbonyl (C=O) groups is 2. The van der Waals surface area contributed by atoms with Crippen LogP contribution in [0.1, 0.15) is 54.9 Å². The van der Waals surface area contributed by atoms with E-state index in [2.05, 4.69) is 10.2 Å². The zero-order chi connectivity index (χ0) is 21.7. The fourth-order valence-electron chi connectivity index (χ4n) is 4.49. The normalized spacial score (nSPS) is 19.7. The summed E-state index contributed by atoms with van der Waals surface area (Å²) in [6.07, 6.45) is 0.867. The maximum absolute atomic E-state index is 12.8. The van der Waals surface area contributed by atoms with Gasteiger partial charge in [-0.25, -0.2) is 0 Å². The Hall–Kier alpha value is -2.09. The molecule has 0 spiro atoms. The van der Waals surface area contributed by atoms with Crippen LogP contribution < -0.4 is 5.32 Å². The van der Waals surface area contributed by atoms with Gasteiger partial charge in [0.15, 0.2) is 0 Å². The third-order valence-corrected chi connectivity index (χ3v) is 6.12. The molecule has 2 aliphatic rings. The number of piperazine rings is 1. The number of alkyl halides is 3. The van der Waals surface area contributed by atoms with E-state index in [0.717, 1.165) is 44.2 Å². The van der Waals surface area contributed by atoms with Crippen LogP contribution in [-0.4, -0.2) is 60.4 Å². The van der Waals surface area contributed by atoms with Gasteiger partial charge in [-0.1, -0.05) is 19.8 Å². The Labute approximate surface area is 175 Å². The maximum Gasteiger partial charge on any atom is 0.416 e. The molecule has 2 amide bonds. The monoisotopic (exact) mass is 425 g/mol. The molecule has 1 N–H and O–H groups in total. The van der Waals surface area contributed by atoms with Crippen LogP contribution in [0.2, 0.25) is 0 Å². The summed E-state index contributed by atoms with van der Waals surface area (Å²) in [5, 5.41) is 3.03. The highest BCUT2D eigenvalue weighted by molar-refractivity contribution is 5.94. The number of halogens is 3. The van der Waals surface area contributed by atoms with E-state index in [0.29, 0.717) is 38.6 Å².